The average molecular weight is 371 g/mol. The van der Waals surface area contributed by atoms with Gasteiger partial charge < -0.3 is 10.5 Å². The lowest BCUT2D eigenvalue weighted by molar-refractivity contribution is 0.0510. The Kier molecular flexibility index (Phi) is 3.72. The SMILES string of the molecule is CC1(c2ccc(Br)cc2Cl)CC(N)c2cc(F)ccc2O1. The molecule has 2 aromatic rings. The van der Waals surface area contributed by atoms with Crippen LogP contribution in [0, 0.1) is 5.82 Å². The third-order valence-corrected chi connectivity index (χ3v) is 4.62. The van der Waals surface area contributed by atoms with Gasteiger partial charge in [-0.1, -0.05) is 33.6 Å². The summed E-state index contributed by atoms with van der Waals surface area (Å²) in [5.41, 5.74) is 7.14. The van der Waals surface area contributed by atoms with Crippen molar-refractivity contribution in [3.05, 3.63) is 62.8 Å². The second-order valence-electron chi connectivity index (χ2n) is 5.45. The molecule has 1 heterocycles. The van der Waals surface area contributed by atoms with Crippen molar-refractivity contribution in [1.29, 1.82) is 0 Å². The fourth-order valence-corrected chi connectivity index (χ4v) is 3.67. The summed E-state index contributed by atoms with van der Waals surface area (Å²) in [6.45, 7) is 1.95. The summed E-state index contributed by atoms with van der Waals surface area (Å²) in [4.78, 5) is 0. The molecule has 5 heteroatoms. The molecule has 2 aromatic carbocycles. The van der Waals surface area contributed by atoms with Crippen molar-refractivity contribution >= 4 is 27.5 Å². The van der Waals surface area contributed by atoms with Gasteiger partial charge in [-0.15, -0.1) is 0 Å². The highest BCUT2D eigenvalue weighted by atomic mass is 79.9. The Morgan fingerprint density at radius 1 is 1.33 bits per heavy atom. The fraction of sp³-hybridized carbons (Fsp3) is 0.250. The van der Waals surface area contributed by atoms with E-state index in [1.165, 1.54) is 12.1 Å². The predicted octanol–water partition coefficient (Wildman–Crippen LogP) is 4.94. The van der Waals surface area contributed by atoms with Gasteiger partial charge in [-0.3, -0.25) is 0 Å². The minimum atomic E-state index is -0.637. The molecular weight excluding hydrogens is 357 g/mol. The first-order valence-electron chi connectivity index (χ1n) is 6.59. The second-order valence-corrected chi connectivity index (χ2v) is 6.77. The Morgan fingerprint density at radius 2 is 2.10 bits per heavy atom. The first-order valence-corrected chi connectivity index (χ1v) is 7.76. The number of hydrogen-bond acceptors (Lipinski definition) is 2. The van der Waals surface area contributed by atoms with E-state index in [2.05, 4.69) is 15.9 Å². The number of hydrogen-bond donors (Lipinski definition) is 1. The molecule has 0 aromatic heterocycles. The van der Waals surface area contributed by atoms with Crippen molar-refractivity contribution in [2.75, 3.05) is 0 Å². The molecule has 0 amide bonds. The zero-order chi connectivity index (χ0) is 15.2. The molecule has 0 aliphatic carbocycles. The summed E-state index contributed by atoms with van der Waals surface area (Å²) >= 11 is 9.73. The van der Waals surface area contributed by atoms with Gasteiger partial charge in [0.2, 0.25) is 0 Å². The Hall–Kier alpha value is -1.10. The highest BCUT2D eigenvalue weighted by Crippen LogP contribution is 2.45. The van der Waals surface area contributed by atoms with Crippen LogP contribution in [0.25, 0.3) is 0 Å². The molecule has 0 bridgehead atoms. The zero-order valence-electron chi connectivity index (χ0n) is 11.4. The van der Waals surface area contributed by atoms with E-state index in [0.29, 0.717) is 22.8 Å². The van der Waals surface area contributed by atoms with Gasteiger partial charge in [-0.25, -0.2) is 4.39 Å². The van der Waals surface area contributed by atoms with Crippen molar-refractivity contribution < 1.29 is 9.13 Å². The second kappa shape index (κ2) is 5.27. The van der Waals surface area contributed by atoms with Crippen LogP contribution in [0.5, 0.6) is 5.75 Å². The lowest BCUT2D eigenvalue weighted by atomic mass is 9.84. The smallest absolute Gasteiger partial charge is 0.134 e. The molecule has 2 N–H and O–H groups in total. The number of ether oxygens (including phenoxy) is 1. The van der Waals surface area contributed by atoms with E-state index in [9.17, 15) is 4.39 Å². The number of fused-ring (bicyclic) bond motifs is 1. The summed E-state index contributed by atoms with van der Waals surface area (Å²) in [5.74, 6) is 0.301. The van der Waals surface area contributed by atoms with Gasteiger partial charge in [-0.2, -0.15) is 0 Å². The van der Waals surface area contributed by atoms with E-state index in [4.69, 9.17) is 22.1 Å². The molecule has 110 valence electrons. The molecule has 2 atom stereocenters. The maximum atomic E-state index is 13.4. The molecule has 0 saturated heterocycles. The van der Waals surface area contributed by atoms with Crippen LogP contribution in [0.1, 0.15) is 30.5 Å². The number of nitrogens with two attached hydrogens (primary N) is 1. The van der Waals surface area contributed by atoms with Crippen LogP contribution in [-0.2, 0) is 5.60 Å². The standard InChI is InChI=1S/C16H14BrClFNO/c1-16(12-4-2-9(17)6-13(12)18)8-14(20)11-7-10(19)3-5-15(11)21-16/h2-7,14H,8,20H2,1H3. The van der Waals surface area contributed by atoms with Gasteiger partial charge >= 0.3 is 0 Å². The van der Waals surface area contributed by atoms with E-state index >= 15 is 0 Å². The van der Waals surface area contributed by atoms with Gasteiger partial charge in [0.05, 0.1) is 0 Å². The van der Waals surface area contributed by atoms with Crippen molar-refractivity contribution in [3.63, 3.8) is 0 Å². The summed E-state index contributed by atoms with van der Waals surface area (Å²) in [5, 5.41) is 0.615. The summed E-state index contributed by atoms with van der Waals surface area (Å²) in [6.07, 6.45) is 0.533. The Morgan fingerprint density at radius 3 is 2.81 bits per heavy atom. The minimum Gasteiger partial charge on any atom is -0.482 e. The topological polar surface area (TPSA) is 35.2 Å². The number of benzene rings is 2. The Bertz CT molecular complexity index is 709. The molecule has 3 rings (SSSR count). The molecule has 21 heavy (non-hydrogen) atoms. The molecular formula is C16H14BrClFNO. The van der Waals surface area contributed by atoms with Crippen molar-refractivity contribution in [2.45, 2.75) is 25.0 Å². The van der Waals surface area contributed by atoms with Gasteiger partial charge in [0.1, 0.15) is 17.2 Å². The average Bonchev–Trinajstić information content (AvgIpc) is 2.39. The van der Waals surface area contributed by atoms with E-state index in [-0.39, 0.29) is 11.9 Å². The van der Waals surface area contributed by atoms with Crippen LogP contribution in [0.2, 0.25) is 5.02 Å². The normalized spacial score (nSPS) is 24.3. The maximum Gasteiger partial charge on any atom is 0.134 e. The Labute approximate surface area is 136 Å². The molecule has 0 spiro atoms. The lowest BCUT2D eigenvalue weighted by Crippen LogP contribution is -2.38. The molecule has 0 fully saturated rings. The van der Waals surface area contributed by atoms with Crippen LogP contribution >= 0.6 is 27.5 Å². The largest absolute Gasteiger partial charge is 0.482 e. The maximum absolute atomic E-state index is 13.4. The summed E-state index contributed by atoms with van der Waals surface area (Å²) in [7, 11) is 0. The van der Waals surface area contributed by atoms with E-state index in [1.54, 1.807) is 6.07 Å². The molecule has 0 radical (unpaired) electrons. The third kappa shape index (κ3) is 2.68. The minimum absolute atomic E-state index is 0.297. The lowest BCUT2D eigenvalue weighted by Gasteiger charge is -2.39. The predicted molar refractivity (Wildman–Crippen MR) is 85.1 cm³/mol. The van der Waals surface area contributed by atoms with Crippen LogP contribution in [0.3, 0.4) is 0 Å². The Balaban J connectivity index is 2.06. The van der Waals surface area contributed by atoms with Crippen LogP contribution < -0.4 is 10.5 Å². The van der Waals surface area contributed by atoms with Crippen LogP contribution in [0.4, 0.5) is 4.39 Å². The molecule has 1 aliphatic heterocycles. The van der Waals surface area contributed by atoms with Gasteiger partial charge in [0.15, 0.2) is 0 Å². The first-order chi connectivity index (χ1) is 9.89. The fourth-order valence-electron chi connectivity index (χ4n) is 2.80. The molecule has 2 unspecified atom stereocenters. The van der Waals surface area contributed by atoms with Crippen molar-refractivity contribution in [2.24, 2.45) is 5.73 Å². The summed E-state index contributed by atoms with van der Waals surface area (Å²) in [6, 6.07) is 9.80. The van der Waals surface area contributed by atoms with Crippen molar-refractivity contribution in [1.82, 2.24) is 0 Å². The van der Waals surface area contributed by atoms with Gasteiger partial charge in [0, 0.05) is 33.1 Å². The van der Waals surface area contributed by atoms with Gasteiger partial charge in [-0.05, 0) is 37.3 Å². The monoisotopic (exact) mass is 369 g/mol. The molecule has 1 aliphatic rings. The number of halogens is 3. The van der Waals surface area contributed by atoms with Gasteiger partial charge in [0.25, 0.3) is 0 Å². The van der Waals surface area contributed by atoms with E-state index in [1.807, 2.05) is 25.1 Å². The van der Waals surface area contributed by atoms with Crippen molar-refractivity contribution in [3.8, 4) is 5.75 Å². The summed E-state index contributed by atoms with van der Waals surface area (Å²) < 4.78 is 20.4. The van der Waals surface area contributed by atoms with E-state index in [0.717, 1.165) is 10.0 Å². The number of rotatable bonds is 1. The quantitative estimate of drug-likeness (QED) is 0.771. The zero-order valence-corrected chi connectivity index (χ0v) is 13.7. The van der Waals surface area contributed by atoms with Crippen LogP contribution in [0.15, 0.2) is 40.9 Å². The third-order valence-electron chi connectivity index (χ3n) is 3.82. The first kappa shape index (κ1) is 14.8. The van der Waals surface area contributed by atoms with E-state index < -0.39 is 5.60 Å². The highest BCUT2D eigenvalue weighted by molar-refractivity contribution is 9.10. The van der Waals surface area contributed by atoms with Crippen LogP contribution in [-0.4, -0.2) is 0 Å². The highest BCUT2D eigenvalue weighted by Gasteiger charge is 2.38. The molecule has 2 nitrogen and oxygen atoms in total. The molecule has 0 saturated carbocycles.